The maximum Gasteiger partial charge on any atom is 0.231 e. The van der Waals surface area contributed by atoms with Gasteiger partial charge in [0.2, 0.25) is 12.7 Å². The Hall–Kier alpha value is -2.28. The van der Waals surface area contributed by atoms with Crippen LogP contribution in [0.1, 0.15) is 24.1 Å². The molecule has 2 aromatic rings. The average Bonchev–Trinajstić information content (AvgIpc) is 3.18. The van der Waals surface area contributed by atoms with Crippen LogP contribution in [0, 0.1) is 5.92 Å². The van der Waals surface area contributed by atoms with E-state index in [1.165, 1.54) is 0 Å². The predicted molar refractivity (Wildman–Crippen MR) is 110 cm³/mol. The van der Waals surface area contributed by atoms with Gasteiger partial charge in [-0.15, -0.1) is 12.4 Å². The number of benzene rings is 2. The zero-order chi connectivity index (χ0) is 19.2. The van der Waals surface area contributed by atoms with Crippen molar-refractivity contribution in [2.24, 2.45) is 11.7 Å². The van der Waals surface area contributed by atoms with Gasteiger partial charge in [-0.1, -0.05) is 43.3 Å². The Balaban J connectivity index is 0.00000280. The van der Waals surface area contributed by atoms with Crippen molar-refractivity contribution in [3.63, 3.8) is 0 Å². The highest BCUT2D eigenvalue weighted by molar-refractivity contribution is 5.85. The summed E-state index contributed by atoms with van der Waals surface area (Å²) >= 11 is 0. The van der Waals surface area contributed by atoms with Crippen LogP contribution in [0.3, 0.4) is 0 Å². The molecule has 1 amide bonds. The number of rotatable bonds is 8. The lowest BCUT2D eigenvalue weighted by Crippen LogP contribution is -2.40. The molecule has 0 bridgehead atoms. The van der Waals surface area contributed by atoms with Gasteiger partial charge in [0, 0.05) is 26.2 Å². The molecule has 7 heteroatoms. The van der Waals surface area contributed by atoms with Crippen LogP contribution in [0.5, 0.6) is 11.5 Å². The molecular formula is C21H27ClN2O4. The molecule has 0 saturated carbocycles. The van der Waals surface area contributed by atoms with Gasteiger partial charge in [-0.05, 0) is 23.3 Å². The second kappa shape index (κ2) is 10.3. The first-order valence-corrected chi connectivity index (χ1v) is 9.07. The molecule has 1 aliphatic rings. The van der Waals surface area contributed by atoms with Crippen LogP contribution in [0.4, 0.5) is 0 Å². The summed E-state index contributed by atoms with van der Waals surface area (Å²) in [5.41, 5.74) is 8.29. The second-order valence-corrected chi connectivity index (χ2v) is 6.67. The van der Waals surface area contributed by atoms with Gasteiger partial charge < -0.3 is 24.8 Å². The molecule has 6 nitrogen and oxygen atoms in total. The van der Waals surface area contributed by atoms with E-state index in [2.05, 4.69) is 0 Å². The molecule has 152 valence electrons. The van der Waals surface area contributed by atoms with Crippen LogP contribution >= 0.6 is 12.4 Å². The lowest BCUT2D eigenvalue weighted by molar-refractivity contribution is -0.137. The van der Waals surface area contributed by atoms with E-state index in [-0.39, 0.29) is 37.1 Å². The third-order valence-corrected chi connectivity index (χ3v) is 4.80. The van der Waals surface area contributed by atoms with Gasteiger partial charge in [0.1, 0.15) is 0 Å². The van der Waals surface area contributed by atoms with Gasteiger partial charge in [0.05, 0.1) is 12.5 Å². The quantitative estimate of drug-likeness (QED) is 0.728. The number of nitrogens with two attached hydrogens (primary N) is 1. The lowest BCUT2D eigenvalue weighted by Gasteiger charge is -2.28. The molecule has 0 aromatic heterocycles. The Kier molecular flexibility index (Phi) is 8.11. The molecule has 3 rings (SSSR count). The zero-order valence-electron chi connectivity index (χ0n) is 16.2. The SMILES string of the molecule is COCCN(Cc1ccc2c(c1)OCO2)C(=O)C(C)C(N)c1ccccc1.Cl. The average molecular weight is 407 g/mol. The molecule has 28 heavy (non-hydrogen) atoms. The van der Waals surface area contributed by atoms with Crippen molar-refractivity contribution in [3.05, 3.63) is 59.7 Å². The smallest absolute Gasteiger partial charge is 0.231 e. The van der Waals surface area contributed by atoms with Crippen LogP contribution < -0.4 is 15.2 Å². The minimum absolute atomic E-state index is 0. The van der Waals surface area contributed by atoms with Crippen molar-refractivity contribution in [2.45, 2.75) is 19.5 Å². The molecular weight excluding hydrogens is 380 g/mol. The third kappa shape index (κ3) is 5.16. The fourth-order valence-electron chi connectivity index (χ4n) is 3.13. The number of amides is 1. The second-order valence-electron chi connectivity index (χ2n) is 6.67. The number of methoxy groups -OCH3 is 1. The Morgan fingerprint density at radius 2 is 1.89 bits per heavy atom. The van der Waals surface area contributed by atoms with Gasteiger partial charge in [0.25, 0.3) is 0 Å². The van der Waals surface area contributed by atoms with E-state index in [1.807, 2.05) is 55.5 Å². The number of hydrogen-bond acceptors (Lipinski definition) is 5. The van der Waals surface area contributed by atoms with Crippen LogP contribution in [0.25, 0.3) is 0 Å². The number of fused-ring (bicyclic) bond motifs is 1. The van der Waals surface area contributed by atoms with Crippen molar-refractivity contribution in [2.75, 3.05) is 27.1 Å². The predicted octanol–water partition coefficient (Wildman–Crippen LogP) is 3.15. The standard InChI is InChI=1S/C21H26N2O4.ClH/c1-15(20(22)17-6-4-3-5-7-17)21(24)23(10-11-25-2)13-16-8-9-18-19(12-16)27-14-26-18;/h3-9,12,15,20H,10-11,13-14,22H2,1-2H3;1H. The van der Waals surface area contributed by atoms with Crippen molar-refractivity contribution in [1.82, 2.24) is 4.90 Å². The number of ether oxygens (including phenoxy) is 3. The number of hydrogen-bond donors (Lipinski definition) is 1. The molecule has 2 aromatic carbocycles. The highest BCUT2D eigenvalue weighted by Gasteiger charge is 2.27. The Morgan fingerprint density at radius 3 is 2.61 bits per heavy atom. The molecule has 0 aliphatic carbocycles. The maximum atomic E-state index is 13.1. The van der Waals surface area contributed by atoms with E-state index in [9.17, 15) is 4.79 Å². The Bertz CT molecular complexity index is 772. The number of carbonyl (C=O) groups excluding carboxylic acids is 1. The fraction of sp³-hybridized carbons (Fsp3) is 0.381. The summed E-state index contributed by atoms with van der Waals surface area (Å²) in [7, 11) is 1.63. The molecule has 2 unspecified atom stereocenters. The molecule has 2 N–H and O–H groups in total. The van der Waals surface area contributed by atoms with E-state index >= 15 is 0 Å². The third-order valence-electron chi connectivity index (χ3n) is 4.80. The minimum Gasteiger partial charge on any atom is -0.454 e. The fourth-order valence-corrected chi connectivity index (χ4v) is 3.13. The first-order valence-electron chi connectivity index (χ1n) is 9.07. The van der Waals surface area contributed by atoms with Gasteiger partial charge in [0.15, 0.2) is 11.5 Å². The summed E-state index contributed by atoms with van der Waals surface area (Å²) in [5.74, 6) is 1.09. The van der Waals surface area contributed by atoms with Gasteiger partial charge >= 0.3 is 0 Å². The van der Waals surface area contributed by atoms with E-state index in [1.54, 1.807) is 12.0 Å². The van der Waals surface area contributed by atoms with E-state index in [0.29, 0.717) is 25.4 Å². The highest BCUT2D eigenvalue weighted by Crippen LogP contribution is 2.33. The number of carbonyl (C=O) groups is 1. The first kappa shape index (κ1) is 22.0. The monoisotopic (exact) mass is 406 g/mol. The normalized spacial score (nSPS) is 14.1. The van der Waals surface area contributed by atoms with Gasteiger partial charge in [-0.2, -0.15) is 0 Å². The molecule has 2 atom stereocenters. The summed E-state index contributed by atoms with van der Waals surface area (Å²) in [6.45, 7) is 3.53. The number of nitrogens with zero attached hydrogens (tertiary/aromatic N) is 1. The van der Waals surface area contributed by atoms with Crippen LogP contribution in [-0.2, 0) is 16.1 Å². The Morgan fingerprint density at radius 1 is 1.18 bits per heavy atom. The van der Waals surface area contributed by atoms with Crippen molar-refractivity contribution >= 4 is 18.3 Å². The minimum atomic E-state index is -0.361. The maximum absolute atomic E-state index is 13.1. The van der Waals surface area contributed by atoms with Crippen LogP contribution in [0.2, 0.25) is 0 Å². The molecule has 1 heterocycles. The van der Waals surface area contributed by atoms with Crippen molar-refractivity contribution < 1.29 is 19.0 Å². The van der Waals surface area contributed by atoms with Gasteiger partial charge in [-0.25, -0.2) is 0 Å². The van der Waals surface area contributed by atoms with E-state index < -0.39 is 0 Å². The highest BCUT2D eigenvalue weighted by atomic mass is 35.5. The van der Waals surface area contributed by atoms with Crippen molar-refractivity contribution in [3.8, 4) is 11.5 Å². The largest absolute Gasteiger partial charge is 0.454 e. The first-order chi connectivity index (χ1) is 13.1. The molecule has 0 saturated heterocycles. The van der Waals surface area contributed by atoms with Crippen LogP contribution in [-0.4, -0.2) is 37.9 Å². The summed E-state index contributed by atoms with van der Waals surface area (Å²) < 4.78 is 16.0. The van der Waals surface area contributed by atoms with E-state index in [4.69, 9.17) is 19.9 Å². The molecule has 0 fully saturated rings. The van der Waals surface area contributed by atoms with E-state index in [0.717, 1.165) is 16.9 Å². The Labute approximate surface area is 172 Å². The van der Waals surface area contributed by atoms with Crippen molar-refractivity contribution in [1.29, 1.82) is 0 Å². The number of halogens is 1. The summed E-state index contributed by atoms with van der Waals surface area (Å²) in [6.07, 6.45) is 0. The summed E-state index contributed by atoms with van der Waals surface area (Å²) in [5, 5.41) is 0. The summed E-state index contributed by atoms with van der Waals surface area (Å²) in [4.78, 5) is 14.9. The summed E-state index contributed by atoms with van der Waals surface area (Å²) in [6, 6.07) is 15.1. The molecule has 0 radical (unpaired) electrons. The molecule has 1 aliphatic heterocycles. The lowest BCUT2D eigenvalue weighted by atomic mass is 9.94. The van der Waals surface area contributed by atoms with Gasteiger partial charge in [-0.3, -0.25) is 4.79 Å². The van der Waals surface area contributed by atoms with Crippen LogP contribution in [0.15, 0.2) is 48.5 Å². The zero-order valence-corrected chi connectivity index (χ0v) is 17.0. The topological polar surface area (TPSA) is 74.0 Å². The molecule has 0 spiro atoms.